The minimum absolute atomic E-state index is 0.259. The van der Waals surface area contributed by atoms with Crippen LogP contribution in [0.2, 0.25) is 0 Å². The third-order valence-corrected chi connectivity index (χ3v) is 5.94. The molecule has 9 heteroatoms. The zero-order valence-corrected chi connectivity index (χ0v) is 14.6. The summed E-state index contributed by atoms with van der Waals surface area (Å²) in [5.74, 6) is 0.749. The first kappa shape index (κ1) is 16.3. The topological polar surface area (TPSA) is 84.4 Å². The van der Waals surface area contributed by atoms with E-state index in [1.165, 1.54) is 18.6 Å². The van der Waals surface area contributed by atoms with Crippen LogP contribution in [0, 0.1) is 0 Å². The molecule has 1 aliphatic heterocycles. The zero-order chi connectivity index (χ0) is 16.4. The molecule has 2 heterocycles. The molecule has 0 spiro atoms. The van der Waals surface area contributed by atoms with Gasteiger partial charge in [0.25, 0.3) is 0 Å². The Labute approximate surface area is 139 Å². The molecular formula is C14H18N4O3S2. The van der Waals surface area contributed by atoms with Gasteiger partial charge in [-0.1, -0.05) is 6.07 Å². The molecule has 1 N–H and O–H groups in total. The van der Waals surface area contributed by atoms with E-state index in [1.807, 2.05) is 11.0 Å². The van der Waals surface area contributed by atoms with Crippen LogP contribution in [0.25, 0.3) is 0 Å². The number of hydrogen-bond acceptors (Lipinski definition) is 7. The summed E-state index contributed by atoms with van der Waals surface area (Å²) in [6, 6.07) is 5.20. The number of benzene rings is 1. The fraction of sp³-hybridized carbons (Fsp3) is 0.429. The third-order valence-electron chi connectivity index (χ3n) is 3.75. The van der Waals surface area contributed by atoms with E-state index in [1.54, 1.807) is 19.2 Å². The van der Waals surface area contributed by atoms with Gasteiger partial charge in [0.2, 0.25) is 15.2 Å². The van der Waals surface area contributed by atoms with Gasteiger partial charge in [-0.2, -0.15) is 4.37 Å². The number of nitrogens with one attached hydrogen (secondary N) is 1. The summed E-state index contributed by atoms with van der Waals surface area (Å²) in [6.07, 6.45) is 1.53. The van der Waals surface area contributed by atoms with Gasteiger partial charge >= 0.3 is 0 Å². The lowest BCUT2D eigenvalue weighted by atomic mass is 10.2. The van der Waals surface area contributed by atoms with Gasteiger partial charge in [-0.3, -0.25) is 0 Å². The highest BCUT2D eigenvalue weighted by atomic mass is 32.2. The molecule has 0 unspecified atom stereocenters. The molecule has 1 aromatic carbocycles. The Morgan fingerprint density at radius 1 is 1.43 bits per heavy atom. The van der Waals surface area contributed by atoms with E-state index < -0.39 is 10.0 Å². The summed E-state index contributed by atoms with van der Waals surface area (Å²) in [4.78, 5) is 6.81. The molecule has 7 nitrogen and oxygen atoms in total. The van der Waals surface area contributed by atoms with E-state index >= 15 is 0 Å². The summed E-state index contributed by atoms with van der Waals surface area (Å²) in [5, 5.41) is 0.786. The summed E-state index contributed by atoms with van der Waals surface area (Å²) in [5.41, 5.74) is 2.00. The molecule has 0 bridgehead atoms. The van der Waals surface area contributed by atoms with Crippen LogP contribution in [0.15, 0.2) is 23.1 Å². The van der Waals surface area contributed by atoms with Crippen LogP contribution in [0.4, 0.5) is 10.8 Å². The molecule has 0 aliphatic carbocycles. The molecule has 0 saturated carbocycles. The van der Waals surface area contributed by atoms with Crippen LogP contribution in [0.1, 0.15) is 11.4 Å². The van der Waals surface area contributed by atoms with Crippen molar-refractivity contribution in [1.82, 2.24) is 14.1 Å². The van der Waals surface area contributed by atoms with Crippen LogP contribution in [-0.4, -0.2) is 45.1 Å². The fourth-order valence-electron chi connectivity index (χ4n) is 2.49. The number of hydrogen-bond donors (Lipinski definition) is 1. The monoisotopic (exact) mass is 354 g/mol. The zero-order valence-electron chi connectivity index (χ0n) is 12.9. The maximum Gasteiger partial charge on any atom is 0.240 e. The lowest BCUT2D eigenvalue weighted by Gasteiger charge is -2.16. The van der Waals surface area contributed by atoms with E-state index in [2.05, 4.69) is 14.1 Å². The van der Waals surface area contributed by atoms with Gasteiger partial charge in [-0.25, -0.2) is 18.1 Å². The number of sulfonamides is 1. The molecule has 1 aliphatic rings. The van der Waals surface area contributed by atoms with E-state index in [0.29, 0.717) is 13.0 Å². The maximum atomic E-state index is 12.0. The minimum atomic E-state index is -3.46. The summed E-state index contributed by atoms with van der Waals surface area (Å²) in [7, 11) is -0.402. The second kappa shape index (κ2) is 6.52. The van der Waals surface area contributed by atoms with Gasteiger partial charge in [-0.05, 0) is 31.2 Å². The Balaban J connectivity index is 1.91. The smallest absolute Gasteiger partial charge is 0.240 e. The predicted octanol–water partition coefficient (Wildman–Crippen LogP) is 1.33. The quantitative estimate of drug-likeness (QED) is 0.842. The lowest BCUT2D eigenvalue weighted by molar-refractivity contribution is 0.201. The second-order valence-corrected chi connectivity index (χ2v) is 7.75. The number of aromatic nitrogens is 2. The van der Waals surface area contributed by atoms with Crippen LogP contribution < -0.4 is 9.62 Å². The van der Waals surface area contributed by atoms with E-state index in [-0.39, 0.29) is 4.90 Å². The Morgan fingerprint density at radius 3 is 3.00 bits per heavy atom. The molecule has 0 amide bonds. The Bertz CT molecular complexity index is 804. The molecule has 0 saturated heterocycles. The standard InChI is InChI=1S/C14H18N4O3S2/c1-15-23(19,20)11-4-3-10-5-7-18(12(10)9-11)14-16-13(17-22-14)6-8-21-2/h3-4,9,15H,5-8H2,1-2H3. The van der Waals surface area contributed by atoms with E-state index in [4.69, 9.17) is 4.74 Å². The lowest BCUT2D eigenvalue weighted by Crippen LogP contribution is -2.19. The average molecular weight is 354 g/mol. The highest BCUT2D eigenvalue weighted by Crippen LogP contribution is 2.36. The summed E-state index contributed by atoms with van der Waals surface area (Å²) in [6.45, 7) is 1.36. The van der Waals surface area contributed by atoms with Crippen LogP contribution in [-0.2, 0) is 27.6 Å². The molecule has 3 rings (SSSR count). The average Bonchev–Trinajstić information content (AvgIpc) is 3.18. The molecule has 1 aromatic heterocycles. The van der Waals surface area contributed by atoms with E-state index in [9.17, 15) is 8.42 Å². The summed E-state index contributed by atoms with van der Waals surface area (Å²) < 4.78 is 35.7. The largest absolute Gasteiger partial charge is 0.384 e. The number of nitrogens with zero attached hydrogens (tertiary/aromatic N) is 3. The number of ether oxygens (including phenoxy) is 1. The number of anilines is 2. The second-order valence-electron chi connectivity index (χ2n) is 5.14. The molecule has 23 heavy (non-hydrogen) atoms. The molecule has 0 radical (unpaired) electrons. The predicted molar refractivity (Wildman–Crippen MR) is 88.9 cm³/mol. The van der Waals surface area contributed by atoms with Crippen LogP contribution in [0.5, 0.6) is 0 Å². The van der Waals surface area contributed by atoms with Crippen molar-refractivity contribution in [3.8, 4) is 0 Å². The SMILES string of the molecule is CNS(=O)(=O)c1ccc2c(c1)N(c1nc(CCOC)ns1)CC2. The van der Waals surface area contributed by atoms with Crippen molar-refractivity contribution in [2.45, 2.75) is 17.7 Å². The molecule has 2 aromatic rings. The van der Waals surface area contributed by atoms with Gasteiger partial charge in [-0.15, -0.1) is 0 Å². The molecule has 0 fully saturated rings. The number of fused-ring (bicyclic) bond motifs is 1. The number of methoxy groups -OCH3 is 1. The molecular weight excluding hydrogens is 336 g/mol. The van der Waals surface area contributed by atoms with Crippen molar-refractivity contribution in [2.75, 3.05) is 32.2 Å². The van der Waals surface area contributed by atoms with Crippen molar-refractivity contribution in [2.24, 2.45) is 0 Å². The van der Waals surface area contributed by atoms with Crippen molar-refractivity contribution in [3.63, 3.8) is 0 Å². The van der Waals surface area contributed by atoms with Gasteiger partial charge < -0.3 is 9.64 Å². The number of rotatable bonds is 6. The first-order valence-electron chi connectivity index (χ1n) is 7.20. The Kier molecular flexibility index (Phi) is 4.62. The molecule has 124 valence electrons. The fourth-order valence-corrected chi connectivity index (χ4v) is 4.00. The van der Waals surface area contributed by atoms with Crippen LogP contribution in [0.3, 0.4) is 0 Å². The molecule has 0 atom stereocenters. The highest BCUT2D eigenvalue weighted by molar-refractivity contribution is 7.89. The third kappa shape index (κ3) is 3.23. The summed E-state index contributed by atoms with van der Waals surface area (Å²) >= 11 is 1.32. The Hall–Kier alpha value is -1.55. The van der Waals surface area contributed by atoms with Crippen molar-refractivity contribution >= 4 is 32.4 Å². The minimum Gasteiger partial charge on any atom is -0.384 e. The van der Waals surface area contributed by atoms with Gasteiger partial charge in [0.15, 0.2) is 0 Å². The first-order chi connectivity index (χ1) is 11.0. The van der Waals surface area contributed by atoms with Crippen molar-refractivity contribution in [1.29, 1.82) is 0 Å². The van der Waals surface area contributed by atoms with Crippen molar-refractivity contribution in [3.05, 3.63) is 29.6 Å². The maximum absolute atomic E-state index is 12.0. The van der Waals surface area contributed by atoms with Crippen molar-refractivity contribution < 1.29 is 13.2 Å². The van der Waals surface area contributed by atoms with Crippen LogP contribution >= 0.6 is 11.5 Å². The highest BCUT2D eigenvalue weighted by Gasteiger charge is 2.25. The normalized spacial score (nSPS) is 14.3. The van der Waals surface area contributed by atoms with Gasteiger partial charge in [0.05, 0.1) is 11.5 Å². The van der Waals surface area contributed by atoms with E-state index in [0.717, 1.165) is 35.2 Å². The van der Waals surface area contributed by atoms with Gasteiger partial charge in [0.1, 0.15) is 5.82 Å². The first-order valence-corrected chi connectivity index (χ1v) is 9.46. The van der Waals surface area contributed by atoms with Gasteiger partial charge in [0, 0.05) is 37.3 Å². The Morgan fingerprint density at radius 2 is 2.26 bits per heavy atom.